The molecule has 0 amide bonds. The second-order valence-corrected chi connectivity index (χ2v) is 5.41. The Kier molecular flexibility index (Phi) is 6.28. The molecule has 0 radical (unpaired) electrons. The minimum absolute atomic E-state index is 0.282. The Labute approximate surface area is 149 Å². The van der Waals surface area contributed by atoms with Gasteiger partial charge in [-0.05, 0) is 38.1 Å². The number of guanidine groups is 1. The molecule has 1 heterocycles. The first-order valence-corrected chi connectivity index (χ1v) is 7.83. The molecule has 0 aliphatic carbocycles. The van der Waals surface area contributed by atoms with Gasteiger partial charge >= 0.3 is 6.18 Å². The van der Waals surface area contributed by atoms with Gasteiger partial charge in [-0.25, -0.2) is 4.98 Å². The zero-order chi connectivity index (χ0) is 19.2. The van der Waals surface area contributed by atoms with Gasteiger partial charge < -0.3 is 15.1 Å². The van der Waals surface area contributed by atoms with E-state index in [4.69, 9.17) is 4.42 Å². The number of aliphatic imine (C=N–C) groups is 1. The standard InChI is InChI=1S/C18H19F3N4O/c1-12-13(2)26-16(25-12)11-24-17(22-3)23-10-4-5-14-6-8-15(9-7-14)18(19,20)21/h6-9H,10-11H2,1-3H3,(H2,22,23,24). The number of halogens is 3. The molecule has 8 heteroatoms. The van der Waals surface area contributed by atoms with E-state index in [2.05, 4.69) is 32.5 Å². The number of alkyl halides is 3. The molecule has 0 aliphatic rings. The van der Waals surface area contributed by atoms with Gasteiger partial charge in [-0.1, -0.05) is 11.8 Å². The highest BCUT2D eigenvalue weighted by Crippen LogP contribution is 2.28. The number of aryl methyl sites for hydroxylation is 2. The molecular weight excluding hydrogens is 345 g/mol. The number of rotatable bonds is 3. The van der Waals surface area contributed by atoms with E-state index in [0.29, 0.717) is 24.0 Å². The first-order valence-electron chi connectivity index (χ1n) is 7.83. The van der Waals surface area contributed by atoms with Crippen LogP contribution in [0, 0.1) is 25.7 Å². The van der Waals surface area contributed by atoms with E-state index in [9.17, 15) is 13.2 Å². The fourth-order valence-corrected chi connectivity index (χ4v) is 2.01. The number of benzene rings is 1. The lowest BCUT2D eigenvalue weighted by Gasteiger charge is -2.07. The molecule has 2 N–H and O–H groups in total. The van der Waals surface area contributed by atoms with Gasteiger partial charge in [0, 0.05) is 12.6 Å². The van der Waals surface area contributed by atoms with Crippen molar-refractivity contribution in [2.24, 2.45) is 4.99 Å². The van der Waals surface area contributed by atoms with Gasteiger partial charge in [0.2, 0.25) is 5.89 Å². The molecular formula is C18H19F3N4O. The Balaban J connectivity index is 1.83. The minimum atomic E-state index is -4.34. The van der Waals surface area contributed by atoms with Crippen molar-refractivity contribution in [2.45, 2.75) is 26.6 Å². The zero-order valence-corrected chi connectivity index (χ0v) is 14.7. The predicted molar refractivity (Wildman–Crippen MR) is 92.5 cm³/mol. The Bertz CT molecular complexity index is 807. The highest BCUT2D eigenvalue weighted by molar-refractivity contribution is 5.79. The van der Waals surface area contributed by atoms with Crippen LogP contribution in [0.15, 0.2) is 33.7 Å². The first-order chi connectivity index (χ1) is 12.3. The van der Waals surface area contributed by atoms with Crippen molar-refractivity contribution >= 4 is 5.96 Å². The highest BCUT2D eigenvalue weighted by atomic mass is 19.4. The van der Waals surface area contributed by atoms with Gasteiger partial charge in [-0.3, -0.25) is 4.99 Å². The number of hydrogen-bond acceptors (Lipinski definition) is 3. The summed E-state index contributed by atoms with van der Waals surface area (Å²) in [5.41, 5.74) is 0.656. The molecule has 0 fully saturated rings. The fourth-order valence-electron chi connectivity index (χ4n) is 2.01. The molecule has 5 nitrogen and oxygen atoms in total. The van der Waals surface area contributed by atoms with Crippen LogP contribution in [0.25, 0.3) is 0 Å². The lowest BCUT2D eigenvalue weighted by atomic mass is 10.1. The van der Waals surface area contributed by atoms with Crippen LogP contribution in [0.3, 0.4) is 0 Å². The molecule has 2 rings (SSSR count). The number of oxazole rings is 1. The molecule has 0 saturated heterocycles. The summed E-state index contributed by atoms with van der Waals surface area (Å²) in [5.74, 6) is 7.47. The van der Waals surface area contributed by atoms with Gasteiger partial charge in [-0.2, -0.15) is 13.2 Å². The Morgan fingerprint density at radius 1 is 1.19 bits per heavy atom. The summed E-state index contributed by atoms with van der Waals surface area (Å²) in [4.78, 5) is 8.30. The third kappa shape index (κ3) is 5.55. The van der Waals surface area contributed by atoms with E-state index in [1.54, 1.807) is 7.05 Å². The van der Waals surface area contributed by atoms with Crippen molar-refractivity contribution in [1.82, 2.24) is 15.6 Å². The maximum Gasteiger partial charge on any atom is 0.416 e. The number of hydrogen-bond donors (Lipinski definition) is 2. The monoisotopic (exact) mass is 364 g/mol. The van der Waals surface area contributed by atoms with Gasteiger partial charge in [0.25, 0.3) is 0 Å². The highest BCUT2D eigenvalue weighted by Gasteiger charge is 2.29. The quantitative estimate of drug-likeness (QED) is 0.499. The SMILES string of the molecule is CN=C(NCC#Cc1ccc(C(F)(F)F)cc1)NCc1nc(C)c(C)o1. The van der Waals surface area contributed by atoms with E-state index in [0.717, 1.165) is 23.6 Å². The molecule has 138 valence electrons. The average Bonchev–Trinajstić information content (AvgIpc) is 2.92. The first kappa shape index (κ1) is 19.4. The maximum atomic E-state index is 12.5. The molecule has 1 aromatic heterocycles. The summed E-state index contributed by atoms with van der Waals surface area (Å²) in [6, 6.07) is 4.71. The zero-order valence-electron chi connectivity index (χ0n) is 14.7. The van der Waals surface area contributed by atoms with Crippen LogP contribution < -0.4 is 10.6 Å². The van der Waals surface area contributed by atoms with Crippen molar-refractivity contribution in [1.29, 1.82) is 0 Å². The Hall–Kier alpha value is -2.95. The van der Waals surface area contributed by atoms with E-state index in [-0.39, 0.29) is 6.54 Å². The summed E-state index contributed by atoms with van der Waals surface area (Å²) in [5, 5.41) is 6.02. The van der Waals surface area contributed by atoms with Crippen molar-refractivity contribution in [3.63, 3.8) is 0 Å². The smallest absolute Gasteiger partial charge is 0.416 e. The maximum absolute atomic E-state index is 12.5. The van der Waals surface area contributed by atoms with Crippen molar-refractivity contribution in [3.8, 4) is 11.8 Å². The lowest BCUT2D eigenvalue weighted by Crippen LogP contribution is -2.37. The predicted octanol–water partition coefficient (Wildman–Crippen LogP) is 3.03. The van der Waals surface area contributed by atoms with E-state index in [1.807, 2.05) is 13.8 Å². The molecule has 2 aromatic rings. The molecule has 0 bridgehead atoms. The van der Waals surface area contributed by atoms with Gasteiger partial charge in [0.1, 0.15) is 5.76 Å². The van der Waals surface area contributed by atoms with Crippen molar-refractivity contribution in [3.05, 3.63) is 52.7 Å². The van der Waals surface area contributed by atoms with E-state index in [1.165, 1.54) is 12.1 Å². The van der Waals surface area contributed by atoms with Gasteiger partial charge in [-0.15, -0.1) is 0 Å². The molecule has 1 aromatic carbocycles. The summed E-state index contributed by atoms with van der Waals surface area (Å²) < 4.78 is 42.9. The summed E-state index contributed by atoms with van der Waals surface area (Å²) in [6.45, 7) is 4.37. The largest absolute Gasteiger partial charge is 0.444 e. The van der Waals surface area contributed by atoms with E-state index < -0.39 is 11.7 Å². The van der Waals surface area contributed by atoms with E-state index >= 15 is 0 Å². The topological polar surface area (TPSA) is 62.5 Å². The number of aromatic nitrogens is 1. The number of nitrogens with zero attached hydrogens (tertiary/aromatic N) is 2. The van der Waals surface area contributed by atoms with Crippen LogP contribution in [0.5, 0.6) is 0 Å². The van der Waals surface area contributed by atoms with Gasteiger partial charge in [0.15, 0.2) is 5.96 Å². The molecule has 0 spiro atoms. The molecule has 0 atom stereocenters. The van der Waals surface area contributed by atoms with Crippen LogP contribution in [-0.2, 0) is 12.7 Å². The normalized spacial score (nSPS) is 11.7. The Morgan fingerprint density at radius 3 is 2.42 bits per heavy atom. The summed E-state index contributed by atoms with van der Waals surface area (Å²) >= 11 is 0. The summed E-state index contributed by atoms with van der Waals surface area (Å²) in [6.07, 6.45) is -4.34. The fraction of sp³-hybridized carbons (Fsp3) is 0.333. The van der Waals surface area contributed by atoms with Crippen molar-refractivity contribution < 1.29 is 17.6 Å². The lowest BCUT2D eigenvalue weighted by molar-refractivity contribution is -0.137. The van der Waals surface area contributed by atoms with Crippen LogP contribution in [0.1, 0.15) is 28.5 Å². The van der Waals surface area contributed by atoms with Crippen LogP contribution in [0.2, 0.25) is 0 Å². The second-order valence-electron chi connectivity index (χ2n) is 5.41. The minimum Gasteiger partial charge on any atom is -0.444 e. The Morgan fingerprint density at radius 2 is 1.88 bits per heavy atom. The van der Waals surface area contributed by atoms with Crippen LogP contribution in [0.4, 0.5) is 13.2 Å². The molecule has 26 heavy (non-hydrogen) atoms. The number of nitrogens with one attached hydrogen (secondary N) is 2. The average molecular weight is 364 g/mol. The van der Waals surface area contributed by atoms with Crippen LogP contribution in [-0.4, -0.2) is 24.5 Å². The molecule has 0 aliphatic heterocycles. The third-order valence-corrected chi connectivity index (χ3v) is 3.49. The van der Waals surface area contributed by atoms with Crippen LogP contribution >= 0.6 is 0 Å². The third-order valence-electron chi connectivity index (χ3n) is 3.49. The molecule has 0 unspecified atom stereocenters. The van der Waals surface area contributed by atoms with Gasteiger partial charge in [0.05, 0.1) is 24.3 Å². The second kappa shape index (κ2) is 8.43. The summed E-state index contributed by atoms with van der Waals surface area (Å²) in [7, 11) is 1.62. The molecule has 0 saturated carbocycles. The van der Waals surface area contributed by atoms with Crippen molar-refractivity contribution in [2.75, 3.05) is 13.6 Å².